The van der Waals surface area contributed by atoms with Crippen LogP contribution in [-0.4, -0.2) is 39.1 Å². The third-order valence-corrected chi connectivity index (χ3v) is 9.63. The van der Waals surface area contributed by atoms with Gasteiger partial charge >= 0.3 is 5.97 Å². The van der Waals surface area contributed by atoms with Crippen LogP contribution in [0.4, 0.5) is 0 Å². The first-order chi connectivity index (χ1) is 14.3. The summed E-state index contributed by atoms with van der Waals surface area (Å²) < 4.78 is 5.94. The van der Waals surface area contributed by atoms with Gasteiger partial charge in [-0.25, -0.2) is 0 Å². The molecule has 31 heavy (non-hydrogen) atoms. The maximum absolute atomic E-state index is 12.9. The first-order valence-corrected chi connectivity index (χ1v) is 11.8. The van der Waals surface area contributed by atoms with Crippen LogP contribution in [0.5, 0.6) is 0 Å². The average molecular weight is 433 g/mol. The van der Waals surface area contributed by atoms with Crippen molar-refractivity contribution >= 4 is 17.5 Å². The van der Waals surface area contributed by atoms with Crippen molar-refractivity contribution in [2.45, 2.75) is 91.0 Å². The average Bonchev–Trinajstić information content (AvgIpc) is 2.97. The van der Waals surface area contributed by atoms with Crippen molar-refractivity contribution in [3.05, 3.63) is 11.6 Å². The summed E-state index contributed by atoms with van der Waals surface area (Å²) in [6.07, 6.45) is 5.56. The van der Waals surface area contributed by atoms with Crippen LogP contribution in [0.3, 0.4) is 0 Å². The Kier molecular flexibility index (Phi) is 5.10. The minimum atomic E-state index is -2.32. The molecule has 0 unspecified atom stereocenters. The second kappa shape index (κ2) is 6.98. The molecule has 0 heterocycles. The van der Waals surface area contributed by atoms with Crippen molar-refractivity contribution in [3.63, 3.8) is 0 Å². The number of carbonyl (C=O) groups excluding carboxylic acids is 3. The van der Waals surface area contributed by atoms with Gasteiger partial charge in [0.25, 0.3) is 0 Å². The van der Waals surface area contributed by atoms with Gasteiger partial charge in [-0.1, -0.05) is 33.3 Å². The predicted molar refractivity (Wildman–Crippen MR) is 114 cm³/mol. The highest BCUT2D eigenvalue weighted by Gasteiger charge is 2.69. The Morgan fingerprint density at radius 2 is 1.81 bits per heavy atom. The molecule has 172 valence electrons. The van der Waals surface area contributed by atoms with Crippen LogP contribution in [0.1, 0.15) is 79.6 Å². The molecule has 2 N–H and O–H groups in total. The van der Waals surface area contributed by atoms with Crippen molar-refractivity contribution in [1.29, 1.82) is 0 Å². The summed E-state index contributed by atoms with van der Waals surface area (Å²) in [5.74, 6) is -2.49. The van der Waals surface area contributed by atoms with Crippen LogP contribution in [-0.2, 0) is 19.1 Å². The van der Waals surface area contributed by atoms with Gasteiger partial charge in [0.1, 0.15) is 0 Å². The van der Waals surface area contributed by atoms with Crippen molar-refractivity contribution in [2.24, 2.45) is 34.5 Å². The fourth-order valence-corrected chi connectivity index (χ4v) is 8.20. The summed E-state index contributed by atoms with van der Waals surface area (Å²) in [6.45, 7) is 9.61. The lowest BCUT2D eigenvalue weighted by Gasteiger charge is -2.61. The molecule has 4 aliphatic rings. The van der Waals surface area contributed by atoms with Crippen LogP contribution in [0.2, 0.25) is 0 Å². The number of ketones is 2. The first kappa shape index (κ1) is 22.7. The minimum Gasteiger partial charge on any atom is -0.450 e. The zero-order valence-electron chi connectivity index (χ0n) is 19.4. The van der Waals surface area contributed by atoms with Gasteiger partial charge in [-0.3, -0.25) is 14.4 Å². The third-order valence-electron chi connectivity index (χ3n) is 9.63. The SMILES string of the molecule is CCC(=O)O[C@]1(C(C)=O)CC[C@H]2[C@@H]3C[C@H](C)C4=CC(=O)C(O)(O)C[C@]4(C)[C@H]3CC[C@@]21C. The highest BCUT2D eigenvalue weighted by molar-refractivity contribution is 5.97. The predicted octanol–water partition coefficient (Wildman–Crippen LogP) is 3.34. The Morgan fingerprint density at radius 3 is 2.42 bits per heavy atom. The number of carbonyl (C=O) groups is 3. The Hall–Kier alpha value is -1.53. The van der Waals surface area contributed by atoms with E-state index in [9.17, 15) is 24.6 Å². The molecule has 3 saturated carbocycles. The second-order valence-corrected chi connectivity index (χ2v) is 11.1. The fourth-order valence-electron chi connectivity index (χ4n) is 8.20. The van der Waals surface area contributed by atoms with E-state index >= 15 is 0 Å². The van der Waals surface area contributed by atoms with Crippen molar-refractivity contribution < 1.29 is 29.3 Å². The monoisotopic (exact) mass is 432 g/mol. The van der Waals surface area contributed by atoms with E-state index in [1.54, 1.807) is 13.8 Å². The second-order valence-electron chi connectivity index (χ2n) is 11.1. The normalized spacial score (nSPS) is 45.8. The van der Waals surface area contributed by atoms with Crippen LogP contribution >= 0.6 is 0 Å². The first-order valence-electron chi connectivity index (χ1n) is 11.8. The highest BCUT2D eigenvalue weighted by Crippen LogP contribution is 2.69. The number of esters is 1. The number of Topliss-reactive ketones (excluding diaryl/α,β-unsaturated/α-hetero) is 1. The summed E-state index contributed by atoms with van der Waals surface area (Å²) in [7, 11) is 0. The quantitative estimate of drug-likeness (QED) is 0.524. The topological polar surface area (TPSA) is 101 Å². The number of ether oxygens (including phenoxy) is 1. The zero-order chi connectivity index (χ0) is 23.0. The van der Waals surface area contributed by atoms with Crippen LogP contribution in [0, 0.1) is 34.5 Å². The molecule has 6 heteroatoms. The molecule has 0 aromatic rings. The molecule has 3 fully saturated rings. The smallest absolute Gasteiger partial charge is 0.306 e. The summed E-state index contributed by atoms with van der Waals surface area (Å²) >= 11 is 0. The number of aliphatic hydroxyl groups is 2. The van der Waals surface area contributed by atoms with Gasteiger partial charge < -0.3 is 14.9 Å². The summed E-state index contributed by atoms with van der Waals surface area (Å²) in [5, 5.41) is 20.8. The largest absolute Gasteiger partial charge is 0.450 e. The highest BCUT2D eigenvalue weighted by atomic mass is 16.6. The zero-order valence-corrected chi connectivity index (χ0v) is 19.4. The van der Waals surface area contributed by atoms with Gasteiger partial charge in [0.2, 0.25) is 11.6 Å². The van der Waals surface area contributed by atoms with E-state index in [0.29, 0.717) is 6.42 Å². The number of hydrogen-bond acceptors (Lipinski definition) is 6. The molecule has 6 nitrogen and oxygen atoms in total. The summed E-state index contributed by atoms with van der Waals surface area (Å²) in [4.78, 5) is 37.5. The van der Waals surface area contributed by atoms with Crippen molar-refractivity contribution in [3.8, 4) is 0 Å². The third kappa shape index (κ3) is 2.93. The lowest BCUT2D eigenvalue weighted by Crippen LogP contribution is -2.60. The molecule has 0 spiro atoms. The molecule has 0 aromatic heterocycles. The lowest BCUT2D eigenvalue weighted by atomic mass is 9.44. The van der Waals surface area contributed by atoms with Gasteiger partial charge in [0.15, 0.2) is 11.4 Å². The molecule has 0 amide bonds. The van der Waals surface area contributed by atoms with E-state index in [1.807, 2.05) is 0 Å². The van der Waals surface area contributed by atoms with E-state index in [1.165, 1.54) is 6.08 Å². The van der Waals surface area contributed by atoms with Crippen LogP contribution in [0.15, 0.2) is 11.6 Å². The lowest BCUT2D eigenvalue weighted by molar-refractivity contribution is -0.206. The van der Waals surface area contributed by atoms with Gasteiger partial charge in [-0.2, -0.15) is 0 Å². The molecule has 0 aromatic carbocycles. The van der Waals surface area contributed by atoms with E-state index < -0.39 is 28.0 Å². The summed E-state index contributed by atoms with van der Waals surface area (Å²) in [6, 6.07) is 0. The molecule has 0 bridgehead atoms. The standard InChI is InChI=1S/C25H36O6/c1-6-21(28)31-24(15(3)26)10-8-18-16-11-14(2)19-12-20(27)25(29,30)13-22(19,4)17(16)7-9-23(18,24)5/h12,14,16-18,29-30H,6-11,13H2,1-5H3/t14-,16+,17-,18-,22+,23-,24-/m0/s1. The van der Waals surface area contributed by atoms with Crippen molar-refractivity contribution in [2.75, 3.05) is 0 Å². The van der Waals surface area contributed by atoms with Gasteiger partial charge in [0, 0.05) is 18.3 Å². The minimum absolute atomic E-state index is 0.0162. The number of rotatable bonds is 3. The Balaban J connectivity index is 1.74. The van der Waals surface area contributed by atoms with E-state index in [-0.39, 0.29) is 48.3 Å². The Labute approximate surface area is 184 Å². The molecular formula is C25H36O6. The van der Waals surface area contributed by atoms with E-state index in [2.05, 4.69) is 20.8 Å². The van der Waals surface area contributed by atoms with Gasteiger partial charge in [-0.05, 0) is 74.2 Å². The van der Waals surface area contributed by atoms with Crippen molar-refractivity contribution in [1.82, 2.24) is 0 Å². The molecule has 4 rings (SSSR count). The van der Waals surface area contributed by atoms with Gasteiger partial charge in [-0.15, -0.1) is 0 Å². The van der Waals surface area contributed by atoms with E-state index in [4.69, 9.17) is 4.74 Å². The molecule has 0 radical (unpaired) electrons. The number of allylic oxidation sites excluding steroid dienone is 1. The van der Waals surface area contributed by atoms with Gasteiger partial charge in [0.05, 0.1) is 0 Å². The molecule has 0 saturated heterocycles. The molecule has 7 atom stereocenters. The molecular weight excluding hydrogens is 396 g/mol. The Bertz CT molecular complexity index is 858. The van der Waals surface area contributed by atoms with Crippen LogP contribution in [0.25, 0.3) is 0 Å². The molecule has 0 aliphatic heterocycles. The molecule has 4 aliphatic carbocycles. The maximum atomic E-state index is 12.9. The fraction of sp³-hybridized carbons (Fsp3) is 0.800. The maximum Gasteiger partial charge on any atom is 0.306 e. The van der Waals surface area contributed by atoms with Crippen LogP contribution < -0.4 is 0 Å². The Morgan fingerprint density at radius 1 is 1.16 bits per heavy atom. The number of fused-ring (bicyclic) bond motifs is 5. The number of hydrogen-bond donors (Lipinski definition) is 2. The van der Waals surface area contributed by atoms with E-state index in [0.717, 1.165) is 31.3 Å². The summed E-state index contributed by atoms with van der Waals surface area (Å²) in [5.41, 5.74) is -0.935.